The third kappa shape index (κ3) is 3.04. The Hall–Kier alpha value is -0.490. The van der Waals surface area contributed by atoms with Crippen LogP contribution in [0.2, 0.25) is 0 Å². The van der Waals surface area contributed by atoms with Gasteiger partial charge in [0.15, 0.2) is 0 Å². The largest absolute Gasteiger partial charge is 0.395 e. The molecule has 2 heterocycles. The summed E-state index contributed by atoms with van der Waals surface area (Å²) in [5.74, 6) is 0. The summed E-state index contributed by atoms with van der Waals surface area (Å²) in [7, 11) is 0. The lowest BCUT2D eigenvalue weighted by atomic mass is 9.81. The summed E-state index contributed by atoms with van der Waals surface area (Å²) in [5.41, 5.74) is -0.289. The van der Waals surface area contributed by atoms with Crippen LogP contribution < -0.4 is 0 Å². The van der Waals surface area contributed by atoms with E-state index in [9.17, 15) is 9.90 Å². The highest BCUT2D eigenvalue weighted by atomic mass is 16.5. The minimum Gasteiger partial charge on any atom is -0.395 e. The van der Waals surface area contributed by atoms with Gasteiger partial charge in [0.1, 0.15) is 6.29 Å². The zero-order valence-electron chi connectivity index (χ0n) is 10.1. The highest BCUT2D eigenvalue weighted by Gasteiger charge is 2.36. The lowest BCUT2D eigenvalue weighted by molar-refractivity contribution is -0.126. The number of aldehydes is 1. The van der Waals surface area contributed by atoms with Crippen molar-refractivity contribution >= 4 is 6.29 Å². The van der Waals surface area contributed by atoms with Crippen LogP contribution in [0.15, 0.2) is 0 Å². The number of nitrogens with zero attached hydrogens (tertiary/aromatic N) is 1. The molecule has 2 rings (SSSR count). The number of carbonyl (C=O) groups excluding carboxylic acids is 1. The molecule has 0 aromatic carbocycles. The number of morpholine rings is 1. The minimum absolute atomic E-state index is 0.0309. The molecule has 1 unspecified atom stereocenters. The third-order valence-corrected chi connectivity index (χ3v) is 3.82. The van der Waals surface area contributed by atoms with Crippen molar-refractivity contribution in [2.75, 3.05) is 46.1 Å². The van der Waals surface area contributed by atoms with E-state index in [1.165, 1.54) is 0 Å². The first kappa shape index (κ1) is 13.0. The van der Waals surface area contributed by atoms with Crippen molar-refractivity contribution in [3.05, 3.63) is 0 Å². The average molecular weight is 243 g/mol. The van der Waals surface area contributed by atoms with E-state index in [4.69, 9.17) is 9.47 Å². The van der Waals surface area contributed by atoms with Gasteiger partial charge in [-0.1, -0.05) is 0 Å². The van der Waals surface area contributed by atoms with Crippen molar-refractivity contribution in [2.24, 2.45) is 5.41 Å². The normalized spacial score (nSPS) is 30.1. The molecular weight excluding hydrogens is 222 g/mol. The number of carbonyl (C=O) groups is 1. The molecule has 1 atom stereocenters. The van der Waals surface area contributed by atoms with E-state index in [-0.39, 0.29) is 18.1 Å². The van der Waals surface area contributed by atoms with Gasteiger partial charge >= 0.3 is 0 Å². The molecule has 2 aliphatic heterocycles. The topological polar surface area (TPSA) is 59.0 Å². The van der Waals surface area contributed by atoms with Crippen LogP contribution in [0, 0.1) is 5.41 Å². The fourth-order valence-corrected chi connectivity index (χ4v) is 2.56. The van der Waals surface area contributed by atoms with E-state index in [0.717, 1.165) is 25.7 Å². The zero-order chi connectivity index (χ0) is 12.1. The summed E-state index contributed by atoms with van der Waals surface area (Å²) in [6, 6.07) is 0.0309. The first-order valence-corrected chi connectivity index (χ1v) is 6.26. The lowest BCUT2D eigenvalue weighted by Gasteiger charge is -2.41. The second-order valence-electron chi connectivity index (χ2n) is 4.97. The van der Waals surface area contributed by atoms with E-state index in [2.05, 4.69) is 4.90 Å². The summed E-state index contributed by atoms with van der Waals surface area (Å²) in [4.78, 5) is 13.6. The smallest absolute Gasteiger partial charge is 0.127 e. The van der Waals surface area contributed by atoms with Gasteiger partial charge < -0.3 is 19.4 Å². The van der Waals surface area contributed by atoms with Crippen LogP contribution in [0.25, 0.3) is 0 Å². The first-order chi connectivity index (χ1) is 8.29. The van der Waals surface area contributed by atoms with Crippen molar-refractivity contribution in [3.8, 4) is 0 Å². The Morgan fingerprint density at radius 1 is 1.29 bits per heavy atom. The molecule has 17 heavy (non-hydrogen) atoms. The van der Waals surface area contributed by atoms with Gasteiger partial charge in [-0.15, -0.1) is 0 Å². The molecule has 0 bridgehead atoms. The van der Waals surface area contributed by atoms with Gasteiger partial charge in [0, 0.05) is 31.7 Å². The lowest BCUT2D eigenvalue weighted by Crippen LogP contribution is -2.53. The fraction of sp³-hybridized carbons (Fsp3) is 0.917. The Kier molecular flexibility index (Phi) is 4.50. The van der Waals surface area contributed by atoms with Gasteiger partial charge in [0.2, 0.25) is 0 Å². The second kappa shape index (κ2) is 5.91. The first-order valence-electron chi connectivity index (χ1n) is 6.26. The Labute approximate surface area is 102 Å². The maximum absolute atomic E-state index is 11.4. The number of aliphatic hydroxyl groups excluding tert-OH is 1. The molecule has 5 nitrogen and oxygen atoms in total. The van der Waals surface area contributed by atoms with E-state index < -0.39 is 0 Å². The molecule has 0 saturated carbocycles. The quantitative estimate of drug-likeness (QED) is 0.685. The Morgan fingerprint density at radius 2 is 2.06 bits per heavy atom. The Morgan fingerprint density at radius 3 is 2.71 bits per heavy atom. The summed E-state index contributed by atoms with van der Waals surface area (Å²) in [6.45, 7) is 4.16. The van der Waals surface area contributed by atoms with E-state index >= 15 is 0 Å². The predicted molar refractivity (Wildman–Crippen MR) is 61.8 cm³/mol. The predicted octanol–water partition coefficient (Wildman–Crippen LogP) is -0.325. The molecule has 0 aromatic heterocycles. The van der Waals surface area contributed by atoms with Crippen molar-refractivity contribution in [1.29, 1.82) is 0 Å². The number of rotatable bonds is 4. The van der Waals surface area contributed by atoms with Gasteiger partial charge in [0.05, 0.1) is 25.9 Å². The van der Waals surface area contributed by atoms with Gasteiger partial charge in [-0.3, -0.25) is 4.90 Å². The zero-order valence-corrected chi connectivity index (χ0v) is 10.1. The number of ether oxygens (including phenoxy) is 2. The van der Waals surface area contributed by atoms with Crippen LogP contribution in [0.5, 0.6) is 0 Å². The molecule has 1 N–H and O–H groups in total. The molecule has 0 amide bonds. The van der Waals surface area contributed by atoms with Crippen molar-refractivity contribution in [1.82, 2.24) is 4.90 Å². The maximum atomic E-state index is 11.4. The van der Waals surface area contributed by atoms with Gasteiger partial charge in [-0.25, -0.2) is 0 Å². The molecular formula is C12H21NO4. The molecule has 0 spiro atoms. The Bertz CT molecular complexity index is 253. The van der Waals surface area contributed by atoms with E-state index in [1.54, 1.807) is 0 Å². The molecule has 0 radical (unpaired) electrons. The van der Waals surface area contributed by atoms with Crippen LogP contribution in [-0.4, -0.2) is 68.5 Å². The van der Waals surface area contributed by atoms with Gasteiger partial charge in [-0.2, -0.15) is 0 Å². The van der Waals surface area contributed by atoms with Crippen molar-refractivity contribution in [2.45, 2.75) is 18.9 Å². The van der Waals surface area contributed by atoms with Crippen LogP contribution >= 0.6 is 0 Å². The summed E-state index contributed by atoms with van der Waals surface area (Å²) in [5, 5.41) is 9.31. The van der Waals surface area contributed by atoms with Gasteiger partial charge in [0.25, 0.3) is 0 Å². The third-order valence-electron chi connectivity index (χ3n) is 3.82. The van der Waals surface area contributed by atoms with E-state index in [1.807, 2.05) is 0 Å². The monoisotopic (exact) mass is 243 g/mol. The number of hydrogen-bond donors (Lipinski definition) is 1. The molecule has 2 fully saturated rings. The fourth-order valence-electron chi connectivity index (χ4n) is 2.56. The minimum atomic E-state index is -0.289. The van der Waals surface area contributed by atoms with Crippen LogP contribution in [0.1, 0.15) is 12.8 Å². The van der Waals surface area contributed by atoms with Crippen molar-refractivity contribution < 1.29 is 19.4 Å². The van der Waals surface area contributed by atoms with E-state index in [0.29, 0.717) is 33.0 Å². The average Bonchev–Trinajstić information content (AvgIpc) is 2.40. The van der Waals surface area contributed by atoms with Crippen molar-refractivity contribution in [3.63, 3.8) is 0 Å². The second-order valence-corrected chi connectivity index (χ2v) is 4.97. The maximum Gasteiger partial charge on any atom is 0.127 e. The summed E-state index contributed by atoms with van der Waals surface area (Å²) in [6.07, 6.45) is 2.65. The van der Waals surface area contributed by atoms with Crippen LogP contribution in [0.3, 0.4) is 0 Å². The molecule has 98 valence electrons. The SMILES string of the molecule is O=CC1(CN2CCOCC2CO)CCOCC1. The molecule has 2 aliphatic rings. The van der Waals surface area contributed by atoms with Crippen LogP contribution in [-0.2, 0) is 14.3 Å². The highest BCUT2D eigenvalue weighted by Crippen LogP contribution is 2.30. The number of aliphatic hydroxyl groups is 1. The molecule has 0 aliphatic carbocycles. The van der Waals surface area contributed by atoms with Gasteiger partial charge in [-0.05, 0) is 12.8 Å². The Balaban J connectivity index is 1.98. The molecule has 2 saturated heterocycles. The standard InChI is InChI=1S/C12H21NO4/c14-7-11-8-17-6-3-13(11)9-12(10-15)1-4-16-5-2-12/h10-11,14H,1-9H2. The number of hydrogen-bond acceptors (Lipinski definition) is 5. The highest BCUT2D eigenvalue weighted by molar-refractivity contribution is 5.60. The summed E-state index contributed by atoms with van der Waals surface area (Å²) >= 11 is 0. The molecule has 0 aromatic rings. The summed E-state index contributed by atoms with van der Waals surface area (Å²) < 4.78 is 10.7. The van der Waals surface area contributed by atoms with Crippen LogP contribution in [0.4, 0.5) is 0 Å². The molecule has 5 heteroatoms.